The summed E-state index contributed by atoms with van der Waals surface area (Å²) < 4.78 is 36.7. The first-order chi connectivity index (χ1) is 6.45. The highest BCUT2D eigenvalue weighted by Gasteiger charge is 2.30. The number of benzene rings is 1. The van der Waals surface area contributed by atoms with Gasteiger partial charge in [0.15, 0.2) is 0 Å². The molecule has 1 rings (SSSR count). The van der Waals surface area contributed by atoms with E-state index >= 15 is 0 Å². The molecule has 1 aromatic carbocycles. The number of hydrogen-bond donors (Lipinski definition) is 0. The van der Waals surface area contributed by atoms with Gasteiger partial charge >= 0.3 is 6.18 Å². The van der Waals surface area contributed by atoms with Crippen LogP contribution in [0.2, 0.25) is 0 Å². The summed E-state index contributed by atoms with van der Waals surface area (Å²) in [6.45, 7) is 1.65. The Morgan fingerprint density at radius 1 is 1.36 bits per heavy atom. The van der Waals surface area contributed by atoms with Crippen LogP contribution in [-0.4, -0.2) is 0 Å². The molecule has 0 aliphatic heterocycles. The molecular weight excluding hydrogens is 193 g/mol. The minimum absolute atomic E-state index is 0.197. The summed E-state index contributed by atoms with van der Waals surface area (Å²) in [7, 11) is 0. The lowest BCUT2D eigenvalue weighted by atomic mass is 10.0. The van der Waals surface area contributed by atoms with E-state index in [0.29, 0.717) is 6.42 Å². The molecule has 0 saturated carbocycles. The highest BCUT2D eigenvalue weighted by atomic mass is 19.4. The second-order valence-corrected chi connectivity index (χ2v) is 3.02. The lowest BCUT2D eigenvalue weighted by Crippen LogP contribution is -2.06. The zero-order chi connectivity index (χ0) is 10.8. The van der Waals surface area contributed by atoms with Crippen LogP contribution in [0.25, 0.3) is 0 Å². The number of hydrogen-bond acceptors (Lipinski definition) is 0. The largest absolute Gasteiger partial charge is 0.416 e. The van der Waals surface area contributed by atoms with Crippen molar-refractivity contribution in [1.82, 2.24) is 0 Å². The molecule has 0 amide bonds. The third kappa shape index (κ3) is 2.48. The Hall–Kier alpha value is -1.03. The molecule has 0 spiro atoms. The van der Waals surface area contributed by atoms with E-state index in [-0.39, 0.29) is 5.56 Å². The Kier molecular flexibility index (Phi) is 3.16. The van der Waals surface area contributed by atoms with Crippen molar-refractivity contribution in [3.8, 4) is 0 Å². The third-order valence-corrected chi connectivity index (χ3v) is 1.96. The lowest BCUT2D eigenvalue weighted by Gasteiger charge is -2.10. The van der Waals surface area contributed by atoms with E-state index in [4.69, 9.17) is 0 Å². The van der Waals surface area contributed by atoms with Crippen LogP contribution in [0.3, 0.4) is 0 Å². The molecule has 1 aromatic rings. The summed E-state index contributed by atoms with van der Waals surface area (Å²) in [5.74, 6) is 0. The predicted octanol–water partition coefficient (Wildman–Crippen LogP) is 3.59. The monoisotopic (exact) mass is 203 g/mol. The van der Waals surface area contributed by atoms with Crippen molar-refractivity contribution in [2.45, 2.75) is 25.6 Å². The van der Waals surface area contributed by atoms with E-state index in [9.17, 15) is 18.3 Å². The molecule has 0 aromatic heterocycles. The average Bonchev–Trinajstić information content (AvgIpc) is 2.15. The first-order valence-electron chi connectivity index (χ1n) is 4.28. The van der Waals surface area contributed by atoms with Crippen molar-refractivity contribution in [1.29, 1.82) is 0 Å². The molecule has 0 aliphatic carbocycles. The van der Waals surface area contributed by atoms with Gasteiger partial charge in [-0.3, -0.25) is 0 Å². The van der Waals surface area contributed by atoms with Crippen LogP contribution in [0.5, 0.6) is 0 Å². The fourth-order valence-electron chi connectivity index (χ4n) is 1.15. The van der Waals surface area contributed by atoms with Crippen LogP contribution in [-0.2, 0) is 11.3 Å². The molecule has 0 aliphatic rings. The molecule has 1 unspecified atom stereocenters. The van der Waals surface area contributed by atoms with Crippen LogP contribution in [0.1, 0.15) is 30.6 Å². The van der Waals surface area contributed by atoms with E-state index < -0.39 is 17.8 Å². The highest BCUT2D eigenvalue weighted by Crippen LogP contribution is 2.31. The fourth-order valence-corrected chi connectivity index (χ4v) is 1.15. The van der Waals surface area contributed by atoms with Crippen molar-refractivity contribution in [3.05, 3.63) is 35.4 Å². The SMILES string of the molecule is CCC([O])c1cccc(C(F)(F)F)c1. The van der Waals surface area contributed by atoms with E-state index in [1.54, 1.807) is 6.92 Å². The number of alkyl halides is 3. The van der Waals surface area contributed by atoms with Gasteiger partial charge in [-0.05, 0) is 24.1 Å². The van der Waals surface area contributed by atoms with Crippen molar-refractivity contribution in [2.75, 3.05) is 0 Å². The summed E-state index contributed by atoms with van der Waals surface area (Å²) in [6, 6.07) is 4.57. The van der Waals surface area contributed by atoms with Crippen molar-refractivity contribution >= 4 is 0 Å². The van der Waals surface area contributed by atoms with E-state index in [0.717, 1.165) is 12.1 Å². The molecule has 0 fully saturated rings. The Labute approximate surface area is 80.2 Å². The molecular formula is C10H10F3O. The van der Waals surface area contributed by atoms with E-state index in [1.807, 2.05) is 0 Å². The van der Waals surface area contributed by atoms with Gasteiger partial charge in [-0.1, -0.05) is 19.1 Å². The topological polar surface area (TPSA) is 19.9 Å². The Bertz CT molecular complexity index is 306. The smallest absolute Gasteiger partial charge is 0.228 e. The summed E-state index contributed by atoms with van der Waals surface area (Å²) >= 11 is 0. The minimum atomic E-state index is -4.37. The normalized spacial score (nSPS) is 14.1. The first kappa shape index (κ1) is 11.0. The molecule has 14 heavy (non-hydrogen) atoms. The summed E-state index contributed by atoms with van der Waals surface area (Å²) in [5.41, 5.74) is -0.563. The number of halogens is 3. The fraction of sp³-hybridized carbons (Fsp3) is 0.400. The molecule has 1 radical (unpaired) electrons. The quantitative estimate of drug-likeness (QED) is 0.700. The van der Waals surface area contributed by atoms with Crippen molar-refractivity contribution in [2.24, 2.45) is 0 Å². The summed E-state index contributed by atoms with van der Waals surface area (Å²) in [5, 5.41) is 11.2. The van der Waals surface area contributed by atoms with Gasteiger partial charge < -0.3 is 0 Å². The maximum Gasteiger partial charge on any atom is 0.416 e. The van der Waals surface area contributed by atoms with Gasteiger partial charge in [0.1, 0.15) is 6.10 Å². The molecule has 0 N–H and O–H groups in total. The Morgan fingerprint density at radius 3 is 2.50 bits per heavy atom. The van der Waals surface area contributed by atoms with Crippen LogP contribution >= 0.6 is 0 Å². The highest BCUT2D eigenvalue weighted by molar-refractivity contribution is 5.26. The predicted molar refractivity (Wildman–Crippen MR) is 45.2 cm³/mol. The lowest BCUT2D eigenvalue weighted by molar-refractivity contribution is -0.137. The molecule has 1 nitrogen and oxygen atoms in total. The van der Waals surface area contributed by atoms with Gasteiger partial charge in [0.2, 0.25) is 0 Å². The summed E-state index contributed by atoms with van der Waals surface area (Å²) in [4.78, 5) is 0. The van der Waals surface area contributed by atoms with E-state index in [2.05, 4.69) is 0 Å². The molecule has 1 atom stereocenters. The van der Waals surface area contributed by atoms with E-state index in [1.165, 1.54) is 12.1 Å². The maximum absolute atomic E-state index is 12.2. The Morgan fingerprint density at radius 2 is 2.00 bits per heavy atom. The van der Waals surface area contributed by atoms with Gasteiger partial charge in [0, 0.05) is 0 Å². The number of rotatable bonds is 2. The standard InChI is InChI=1S/C10H10F3O/c1-2-9(14)7-4-3-5-8(6-7)10(11,12)13/h3-6,9H,2H2,1H3. The Balaban J connectivity index is 3.01. The third-order valence-electron chi connectivity index (χ3n) is 1.96. The van der Waals surface area contributed by atoms with Crippen LogP contribution in [0.4, 0.5) is 13.2 Å². The van der Waals surface area contributed by atoms with Gasteiger partial charge in [0.25, 0.3) is 0 Å². The van der Waals surface area contributed by atoms with Gasteiger partial charge in [-0.2, -0.15) is 13.2 Å². The van der Waals surface area contributed by atoms with Crippen LogP contribution in [0, 0.1) is 0 Å². The van der Waals surface area contributed by atoms with Gasteiger partial charge in [0.05, 0.1) is 5.56 Å². The van der Waals surface area contributed by atoms with Crippen LogP contribution < -0.4 is 0 Å². The van der Waals surface area contributed by atoms with Crippen LogP contribution in [0.15, 0.2) is 24.3 Å². The molecule has 4 heteroatoms. The second-order valence-electron chi connectivity index (χ2n) is 3.02. The minimum Gasteiger partial charge on any atom is -0.228 e. The molecule has 77 valence electrons. The molecule has 0 bridgehead atoms. The molecule has 0 heterocycles. The molecule has 0 saturated heterocycles. The zero-order valence-corrected chi connectivity index (χ0v) is 7.64. The first-order valence-corrected chi connectivity index (χ1v) is 4.28. The van der Waals surface area contributed by atoms with Gasteiger partial charge in [-0.15, -0.1) is 0 Å². The van der Waals surface area contributed by atoms with Crippen molar-refractivity contribution in [3.63, 3.8) is 0 Å². The zero-order valence-electron chi connectivity index (χ0n) is 7.64. The van der Waals surface area contributed by atoms with Crippen molar-refractivity contribution < 1.29 is 18.3 Å². The maximum atomic E-state index is 12.2. The average molecular weight is 203 g/mol. The van der Waals surface area contributed by atoms with Gasteiger partial charge in [-0.25, -0.2) is 5.11 Å². The second kappa shape index (κ2) is 4.00. The summed E-state index contributed by atoms with van der Waals surface area (Å²) in [6.07, 6.45) is -5.15.